The summed E-state index contributed by atoms with van der Waals surface area (Å²) in [6, 6.07) is 17.1. The molecule has 3 N–H and O–H groups in total. The molecule has 1 aromatic heterocycles. The summed E-state index contributed by atoms with van der Waals surface area (Å²) in [5.41, 5.74) is 1.50. The molecule has 3 heterocycles. The van der Waals surface area contributed by atoms with Crippen LogP contribution in [0.5, 0.6) is 5.75 Å². The number of unbranched alkanes of at least 4 members (excludes halogenated alkanes) is 2. The second-order valence-electron chi connectivity index (χ2n) is 19.5. The third kappa shape index (κ3) is 13.3. The number of nitriles is 1. The van der Waals surface area contributed by atoms with Crippen LogP contribution in [0.25, 0.3) is 10.4 Å². The van der Waals surface area contributed by atoms with Gasteiger partial charge in [-0.05, 0) is 125 Å². The molecule has 2 aliphatic rings. The summed E-state index contributed by atoms with van der Waals surface area (Å²) in [5.74, 6) is -1.26. The molecule has 72 heavy (non-hydrogen) atoms. The molecule has 4 atom stereocenters. The molecule has 386 valence electrons. The number of halogens is 3. The van der Waals surface area contributed by atoms with Crippen LogP contribution in [0.1, 0.15) is 102 Å². The normalized spacial score (nSPS) is 17.7. The van der Waals surface area contributed by atoms with Gasteiger partial charge in [-0.2, -0.15) is 18.4 Å². The van der Waals surface area contributed by atoms with Crippen molar-refractivity contribution < 1.29 is 51.7 Å². The average Bonchev–Trinajstić information content (AvgIpc) is 4.00. The molecular formula is C52H62F3N7O8S2. The van der Waals surface area contributed by atoms with E-state index in [1.54, 1.807) is 65.9 Å². The maximum absolute atomic E-state index is 14.0. The number of β-amino-alcohol motifs (C(OH)–C–C–N with tert-alkyl or cyclic N) is 1. The van der Waals surface area contributed by atoms with Crippen LogP contribution in [0, 0.1) is 23.7 Å². The first-order valence-electron chi connectivity index (χ1n) is 23.8. The van der Waals surface area contributed by atoms with Crippen molar-refractivity contribution in [2.75, 3.05) is 49.4 Å². The zero-order valence-electron chi connectivity index (χ0n) is 41.5. The zero-order chi connectivity index (χ0) is 52.5. The minimum Gasteiger partial charge on any atom is -0.494 e. The van der Waals surface area contributed by atoms with Crippen LogP contribution in [-0.4, -0.2) is 107 Å². The van der Waals surface area contributed by atoms with Crippen molar-refractivity contribution in [1.82, 2.24) is 20.5 Å². The second-order valence-corrected chi connectivity index (χ2v) is 20.7. The number of thiazole rings is 1. The number of likely N-dealkylation sites (tertiary alicyclic amines) is 1. The third-order valence-corrected chi connectivity index (χ3v) is 13.9. The number of carbonyl (C=O) groups is 4. The van der Waals surface area contributed by atoms with Crippen molar-refractivity contribution in [2.45, 2.75) is 117 Å². The molecule has 20 heteroatoms. The molecule has 0 radical (unpaired) electrons. The number of alkyl halides is 3. The number of hydrogen-bond donors (Lipinski definition) is 3. The van der Waals surface area contributed by atoms with Gasteiger partial charge in [-0.15, -0.1) is 11.3 Å². The van der Waals surface area contributed by atoms with E-state index in [1.807, 2.05) is 58.9 Å². The highest BCUT2D eigenvalue weighted by Gasteiger charge is 2.51. The van der Waals surface area contributed by atoms with Crippen molar-refractivity contribution in [3.05, 3.63) is 94.6 Å². The fraction of sp³-hybridized carbons (Fsp3) is 0.481. The highest BCUT2D eigenvalue weighted by Crippen LogP contribution is 2.40. The Morgan fingerprint density at radius 3 is 2.24 bits per heavy atom. The van der Waals surface area contributed by atoms with Crippen LogP contribution in [0.2, 0.25) is 0 Å². The Hall–Kier alpha value is -5.98. The molecule has 0 bridgehead atoms. The number of aliphatic hydroxyl groups excluding tert-OH is 1. The lowest BCUT2D eigenvalue weighted by molar-refractivity contribution is -0.144. The molecule has 6 rings (SSSR count). The number of aryl methyl sites for hydroxylation is 1. The number of ether oxygens (including phenoxy) is 3. The van der Waals surface area contributed by atoms with E-state index < -0.39 is 64.2 Å². The molecule has 15 nitrogen and oxygen atoms in total. The number of rotatable bonds is 21. The predicted octanol–water partition coefficient (Wildman–Crippen LogP) is 8.27. The molecule has 3 aromatic carbocycles. The number of nitrogens with one attached hydrogen (secondary N) is 2. The Labute approximate surface area is 427 Å². The SMILES string of the molecule is Cc1ncsc1-c1ccc([C@H](C)NC(=O)[C@@H]2C[C@@H](O)CN2C(=O)[C@@H](NC(=O)COCCCOCCCCCOc2ccc(N3C(=S)N(c4ccc(C#N)c(C(F)(F)F)c4)C(=O)C3(C)C)cc2)C(C)(C)C)cc1. The first-order chi connectivity index (χ1) is 34.0. The number of amides is 4. The molecule has 0 aliphatic carbocycles. The van der Waals surface area contributed by atoms with E-state index in [0.717, 1.165) is 58.0 Å². The van der Waals surface area contributed by atoms with Crippen molar-refractivity contribution in [1.29, 1.82) is 5.26 Å². The van der Waals surface area contributed by atoms with Gasteiger partial charge < -0.3 is 39.8 Å². The zero-order valence-corrected chi connectivity index (χ0v) is 43.1. The van der Waals surface area contributed by atoms with Gasteiger partial charge in [-0.25, -0.2) is 4.98 Å². The fourth-order valence-corrected chi connectivity index (χ4v) is 9.91. The van der Waals surface area contributed by atoms with Crippen molar-refractivity contribution in [3.63, 3.8) is 0 Å². The molecular weight excluding hydrogens is 972 g/mol. The van der Waals surface area contributed by atoms with Gasteiger partial charge in [0, 0.05) is 38.5 Å². The van der Waals surface area contributed by atoms with Crippen LogP contribution >= 0.6 is 23.6 Å². The quantitative estimate of drug-likeness (QED) is 0.0537. The Bertz CT molecular complexity index is 2610. The molecule has 0 saturated carbocycles. The number of aromatic nitrogens is 1. The lowest BCUT2D eigenvalue weighted by Gasteiger charge is -2.35. The largest absolute Gasteiger partial charge is 0.494 e. The topological polar surface area (TPSA) is 187 Å². The molecule has 2 saturated heterocycles. The van der Waals surface area contributed by atoms with E-state index in [-0.39, 0.29) is 48.9 Å². The highest BCUT2D eigenvalue weighted by atomic mass is 32.1. The second kappa shape index (κ2) is 23.7. The minimum atomic E-state index is -4.80. The summed E-state index contributed by atoms with van der Waals surface area (Å²) in [4.78, 5) is 63.6. The molecule has 2 fully saturated rings. The van der Waals surface area contributed by atoms with Crippen molar-refractivity contribution in [2.24, 2.45) is 5.41 Å². The Kier molecular flexibility index (Phi) is 18.2. The monoisotopic (exact) mass is 1030 g/mol. The number of aliphatic hydroxyl groups is 1. The van der Waals surface area contributed by atoms with Gasteiger partial charge in [0.15, 0.2) is 5.11 Å². The maximum atomic E-state index is 14.0. The van der Waals surface area contributed by atoms with E-state index in [1.165, 1.54) is 11.0 Å². The number of carbonyl (C=O) groups excluding carboxylic acids is 4. The van der Waals surface area contributed by atoms with E-state index >= 15 is 0 Å². The number of anilines is 2. The summed E-state index contributed by atoms with van der Waals surface area (Å²) in [5, 5.41) is 25.6. The lowest BCUT2D eigenvalue weighted by atomic mass is 9.85. The van der Waals surface area contributed by atoms with Gasteiger partial charge in [0.25, 0.3) is 5.91 Å². The number of hydrogen-bond acceptors (Lipinski definition) is 12. The van der Waals surface area contributed by atoms with E-state index in [4.69, 9.17) is 26.4 Å². The van der Waals surface area contributed by atoms with Crippen molar-refractivity contribution in [3.8, 4) is 22.3 Å². The number of nitrogens with zero attached hydrogens (tertiary/aromatic N) is 5. The molecule has 0 spiro atoms. The van der Waals surface area contributed by atoms with Crippen LogP contribution in [0.3, 0.4) is 0 Å². The number of thiocarbonyl (C=S) groups is 1. The van der Waals surface area contributed by atoms with Gasteiger partial charge >= 0.3 is 6.18 Å². The predicted molar refractivity (Wildman–Crippen MR) is 271 cm³/mol. The minimum absolute atomic E-state index is 0.000428. The molecule has 0 unspecified atom stereocenters. The summed E-state index contributed by atoms with van der Waals surface area (Å²) >= 11 is 7.19. The first kappa shape index (κ1) is 55.3. The summed E-state index contributed by atoms with van der Waals surface area (Å²) in [6.45, 7) is 13.9. The van der Waals surface area contributed by atoms with E-state index in [2.05, 4.69) is 15.6 Å². The third-order valence-electron chi connectivity index (χ3n) is 12.5. The van der Waals surface area contributed by atoms with Gasteiger partial charge in [-0.1, -0.05) is 45.0 Å². The summed E-state index contributed by atoms with van der Waals surface area (Å²) in [6.07, 6.45) is -2.68. The molecule has 4 amide bonds. The average molecular weight is 1030 g/mol. The summed E-state index contributed by atoms with van der Waals surface area (Å²) < 4.78 is 58.4. The van der Waals surface area contributed by atoms with Crippen LogP contribution in [0.15, 0.2) is 72.2 Å². The Morgan fingerprint density at radius 2 is 1.60 bits per heavy atom. The summed E-state index contributed by atoms with van der Waals surface area (Å²) in [7, 11) is 0. The Balaban J connectivity index is 0.859. The van der Waals surface area contributed by atoms with Crippen molar-refractivity contribution >= 4 is 63.7 Å². The molecule has 4 aromatic rings. The number of benzene rings is 3. The first-order valence-corrected chi connectivity index (χ1v) is 25.1. The standard InChI is InChI=1S/C52H62F3N7O8S2/c1-32(34-12-14-35(15-13-34)44-33(2)57-31-72-44)58-46(65)42-27-39(63)29-60(42)47(66)45(50(3,4)5)59-43(64)30-69-24-11-23-68-22-9-8-10-25-70-40-20-18-37(19-21-40)62-49(71)61(48(67)51(62,6)7)38-17-16-36(28-56)41(26-38)52(53,54)55/h12-21,26,31-32,39,42,45,63H,8-11,22-25,27,29-30H2,1-7H3,(H,58,65)(H,59,64)/t32-,39+,42-,45+/m0/s1. The van der Waals surface area contributed by atoms with Crippen LogP contribution < -0.4 is 25.2 Å². The van der Waals surface area contributed by atoms with Gasteiger partial charge in [0.1, 0.15) is 30.0 Å². The van der Waals surface area contributed by atoms with E-state index in [9.17, 15) is 42.7 Å². The van der Waals surface area contributed by atoms with Gasteiger partial charge in [0.05, 0.1) is 57.7 Å². The maximum Gasteiger partial charge on any atom is 0.417 e. The van der Waals surface area contributed by atoms with Crippen LogP contribution in [-0.2, 0) is 34.8 Å². The van der Waals surface area contributed by atoms with Gasteiger partial charge in [-0.3, -0.25) is 24.1 Å². The lowest BCUT2D eigenvalue weighted by Crippen LogP contribution is -2.58. The van der Waals surface area contributed by atoms with E-state index in [0.29, 0.717) is 37.7 Å². The van der Waals surface area contributed by atoms with Gasteiger partial charge in [0.2, 0.25) is 17.7 Å². The fourth-order valence-electron chi connectivity index (χ4n) is 8.57. The highest BCUT2D eigenvalue weighted by molar-refractivity contribution is 7.81. The van der Waals surface area contributed by atoms with Crippen LogP contribution in [0.4, 0.5) is 24.5 Å². The smallest absolute Gasteiger partial charge is 0.417 e. The molecule has 2 aliphatic heterocycles. The Morgan fingerprint density at radius 1 is 0.944 bits per heavy atom.